The number of amides is 2. The number of methoxy groups -OCH3 is 1. The van der Waals surface area contributed by atoms with Crippen molar-refractivity contribution in [3.8, 4) is 17.4 Å². The number of fused-ring (bicyclic) bond motifs is 2. The van der Waals surface area contributed by atoms with Crippen LogP contribution < -0.4 is 20.1 Å². The third kappa shape index (κ3) is 4.88. The van der Waals surface area contributed by atoms with Gasteiger partial charge in [0.05, 0.1) is 40.1 Å². The van der Waals surface area contributed by atoms with E-state index in [1.165, 1.54) is 25.4 Å². The van der Waals surface area contributed by atoms with Crippen molar-refractivity contribution in [2.24, 2.45) is 5.41 Å². The average molecular weight is 666 g/mol. The Balaban J connectivity index is 1.07. The van der Waals surface area contributed by atoms with Crippen LogP contribution in [0.25, 0.3) is 0 Å². The summed E-state index contributed by atoms with van der Waals surface area (Å²) in [5.41, 5.74) is 1.73. The second kappa shape index (κ2) is 10.7. The Morgan fingerprint density at radius 1 is 1.11 bits per heavy atom. The SMILES string of the molecule is COc1cc(C(=O)NC2CC3(CCN(C)CC3)C2)c(F)cc1Nc1ncc(Br)c(Oc2cccc3c2C(=O)N(C)C32CC2)n1. The van der Waals surface area contributed by atoms with Gasteiger partial charge in [-0.15, -0.1) is 0 Å². The summed E-state index contributed by atoms with van der Waals surface area (Å²) in [5, 5.41) is 5.99. The number of ether oxygens (including phenoxy) is 2. The highest BCUT2D eigenvalue weighted by atomic mass is 79.9. The lowest BCUT2D eigenvalue weighted by Gasteiger charge is -2.52. The van der Waals surface area contributed by atoms with Gasteiger partial charge >= 0.3 is 0 Å². The Hall–Kier alpha value is -3.77. The van der Waals surface area contributed by atoms with Gasteiger partial charge in [0, 0.05) is 19.2 Å². The molecule has 3 heterocycles. The zero-order valence-electron chi connectivity index (χ0n) is 24.9. The third-order valence-corrected chi connectivity index (χ3v) is 10.4. The summed E-state index contributed by atoms with van der Waals surface area (Å²) < 4.78 is 27.4. The fraction of sp³-hybridized carbons (Fsp3) is 0.438. The highest BCUT2D eigenvalue weighted by molar-refractivity contribution is 9.10. The number of aromatic nitrogens is 2. The van der Waals surface area contributed by atoms with Gasteiger partial charge in [-0.2, -0.15) is 4.98 Å². The number of hydrogen-bond donors (Lipinski definition) is 2. The van der Waals surface area contributed by atoms with Crippen molar-refractivity contribution < 1.29 is 23.5 Å². The summed E-state index contributed by atoms with van der Waals surface area (Å²) in [6, 6.07) is 8.22. The Morgan fingerprint density at radius 3 is 2.57 bits per heavy atom. The van der Waals surface area contributed by atoms with Crippen molar-refractivity contribution in [2.75, 3.05) is 39.6 Å². The van der Waals surface area contributed by atoms with E-state index >= 15 is 4.39 Å². The first-order valence-electron chi connectivity index (χ1n) is 14.9. The van der Waals surface area contributed by atoms with Gasteiger partial charge in [-0.1, -0.05) is 12.1 Å². The van der Waals surface area contributed by atoms with Crippen LogP contribution in [-0.4, -0.2) is 71.9 Å². The summed E-state index contributed by atoms with van der Waals surface area (Å²) >= 11 is 3.43. The van der Waals surface area contributed by atoms with E-state index < -0.39 is 11.7 Å². The second-order valence-electron chi connectivity index (χ2n) is 12.6. The molecule has 0 radical (unpaired) electrons. The number of carbonyl (C=O) groups excluding carboxylic acids is 2. The normalized spacial score (nSPS) is 19.9. The number of anilines is 2. The number of hydrogen-bond acceptors (Lipinski definition) is 8. The molecule has 2 aliphatic carbocycles. The van der Waals surface area contributed by atoms with Gasteiger partial charge in [0.15, 0.2) is 0 Å². The first-order valence-corrected chi connectivity index (χ1v) is 15.7. The highest BCUT2D eigenvalue weighted by Gasteiger charge is 2.57. The molecule has 2 aliphatic heterocycles. The van der Waals surface area contributed by atoms with E-state index in [9.17, 15) is 9.59 Å². The van der Waals surface area contributed by atoms with Crippen LogP contribution in [0.1, 0.15) is 64.8 Å². The van der Waals surface area contributed by atoms with Crippen LogP contribution in [0.15, 0.2) is 41.0 Å². The van der Waals surface area contributed by atoms with Gasteiger partial charge in [0.1, 0.15) is 17.3 Å². The molecule has 1 saturated heterocycles. The molecule has 2 amide bonds. The molecule has 2 saturated carbocycles. The quantitative estimate of drug-likeness (QED) is 0.336. The summed E-state index contributed by atoms with van der Waals surface area (Å²) in [6.07, 6.45) is 7.47. The van der Waals surface area contributed by atoms with Crippen LogP contribution in [0.4, 0.5) is 16.0 Å². The summed E-state index contributed by atoms with van der Waals surface area (Å²) in [6.45, 7) is 2.14. The molecule has 12 heteroatoms. The Bertz CT molecular complexity index is 1660. The first-order chi connectivity index (χ1) is 21.1. The Labute approximate surface area is 263 Å². The summed E-state index contributed by atoms with van der Waals surface area (Å²) in [7, 11) is 5.40. The molecule has 0 atom stereocenters. The van der Waals surface area contributed by atoms with Gasteiger partial charge in [-0.05, 0) is 97.7 Å². The molecule has 3 aromatic rings. The lowest BCUT2D eigenvalue weighted by atomic mass is 9.60. The third-order valence-electron chi connectivity index (χ3n) is 9.85. The van der Waals surface area contributed by atoms with Crippen molar-refractivity contribution >= 4 is 39.4 Å². The standard InChI is InChI=1S/C32H34BrFN6O4/c1-39-11-9-31(10-12-39)15-18(16-31)36-27(41)19-13-25(43-3)23(14-22(19)34)37-30-35-17-21(33)28(38-30)44-24-6-4-5-20-26(24)29(42)40(2)32(20)7-8-32/h4-6,13-14,17-18H,7-12,15-16H2,1-3H3,(H,36,41)(H,35,37,38). The van der Waals surface area contributed by atoms with E-state index in [1.807, 2.05) is 19.2 Å². The molecular weight excluding hydrogens is 631 g/mol. The zero-order chi connectivity index (χ0) is 30.8. The number of halogens is 2. The average Bonchev–Trinajstić information content (AvgIpc) is 3.77. The molecule has 7 rings (SSSR count). The Morgan fingerprint density at radius 2 is 1.86 bits per heavy atom. The fourth-order valence-corrected chi connectivity index (χ4v) is 7.32. The van der Waals surface area contributed by atoms with Gasteiger partial charge in [0.25, 0.3) is 11.8 Å². The van der Waals surface area contributed by atoms with Gasteiger partial charge in [-0.25, -0.2) is 9.37 Å². The minimum Gasteiger partial charge on any atom is -0.495 e. The first kappa shape index (κ1) is 29.0. The van der Waals surface area contributed by atoms with Crippen LogP contribution in [-0.2, 0) is 5.54 Å². The smallest absolute Gasteiger partial charge is 0.258 e. The molecule has 230 valence electrons. The second-order valence-corrected chi connectivity index (χ2v) is 13.4. The maximum absolute atomic E-state index is 15.3. The van der Waals surface area contributed by atoms with E-state index in [0.717, 1.165) is 57.2 Å². The minimum absolute atomic E-state index is 0.0417. The molecule has 3 fully saturated rings. The Kier molecular flexibility index (Phi) is 7.04. The van der Waals surface area contributed by atoms with E-state index in [4.69, 9.17) is 9.47 Å². The predicted molar refractivity (Wildman–Crippen MR) is 165 cm³/mol. The van der Waals surface area contributed by atoms with Crippen molar-refractivity contribution in [1.82, 2.24) is 25.1 Å². The number of likely N-dealkylation sites (tertiary alicyclic amines) is 1. The zero-order valence-corrected chi connectivity index (χ0v) is 26.5. The molecule has 2 aromatic carbocycles. The lowest BCUT2D eigenvalue weighted by molar-refractivity contribution is 0.0138. The van der Waals surface area contributed by atoms with Crippen LogP contribution in [0.2, 0.25) is 0 Å². The monoisotopic (exact) mass is 664 g/mol. The van der Waals surface area contributed by atoms with Crippen LogP contribution in [0.5, 0.6) is 17.4 Å². The predicted octanol–water partition coefficient (Wildman–Crippen LogP) is 5.60. The molecule has 0 unspecified atom stereocenters. The number of benzene rings is 2. The molecule has 2 spiro atoms. The molecule has 10 nitrogen and oxygen atoms in total. The van der Waals surface area contributed by atoms with Crippen molar-refractivity contribution in [1.29, 1.82) is 0 Å². The van der Waals surface area contributed by atoms with Crippen molar-refractivity contribution in [2.45, 2.75) is 50.1 Å². The molecule has 4 aliphatic rings. The highest BCUT2D eigenvalue weighted by Crippen LogP contribution is 2.57. The topological polar surface area (TPSA) is 109 Å². The number of carbonyl (C=O) groups is 2. The number of piperidine rings is 1. The maximum atomic E-state index is 15.3. The van der Waals surface area contributed by atoms with E-state index in [0.29, 0.717) is 21.2 Å². The van der Waals surface area contributed by atoms with Gasteiger partial charge < -0.3 is 29.9 Å². The number of rotatable bonds is 7. The maximum Gasteiger partial charge on any atom is 0.258 e. The summed E-state index contributed by atoms with van der Waals surface area (Å²) in [5.74, 6) is -0.272. The summed E-state index contributed by atoms with van der Waals surface area (Å²) in [4.78, 5) is 39.0. The number of nitrogens with zero attached hydrogens (tertiary/aromatic N) is 4. The molecule has 1 aromatic heterocycles. The fourth-order valence-electron chi connectivity index (χ4n) is 7.04. The lowest BCUT2D eigenvalue weighted by Crippen LogP contribution is -2.54. The van der Waals surface area contributed by atoms with E-state index in [1.54, 1.807) is 11.0 Å². The molecular formula is C32H34BrFN6O4. The largest absolute Gasteiger partial charge is 0.495 e. The molecule has 0 bridgehead atoms. The number of nitrogens with one attached hydrogen (secondary N) is 2. The van der Waals surface area contributed by atoms with Crippen LogP contribution in [0, 0.1) is 11.2 Å². The van der Waals surface area contributed by atoms with Gasteiger partial charge in [0.2, 0.25) is 11.8 Å². The molecule has 44 heavy (non-hydrogen) atoms. The van der Waals surface area contributed by atoms with Crippen molar-refractivity contribution in [3.63, 3.8) is 0 Å². The van der Waals surface area contributed by atoms with Crippen LogP contribution >= 0.6 is 15.9 Å². The minimum atomic E-state index is -0.691. The van der Waals surface area contributed by atoms with Crippen LogP contribution in [0.3, 0.4) is 0 Å². The van der Waals surface area contributed by atoms with Crippen molar-refractivity contribution in [3.05, 3.63) is 63.5 Å². The van der Waals surface area contributed by atoms with E-state index in [2.05, 4.69) is 48.5 Å². The van der Waals surface area contributed by atoms with Gasteiger partial charge in [-0.3, -0.25) is 9.59 Å². The molecule has 2 N–H and O–H groups in total. The van der Waals surface area contributed by atoms with E-state index in [-0.39, 0.29) is 46.3 Å².